The van der Waals surface area contributed by atoms with E-state index in [9.17, 15) is 4.79 Å². The van der Waals surface area contributed by atoms with Crippen LogP contribution in [-0.2, 0) is 33.7 Å². The molecule has 2 aromatic rings. The number of aliphatic carboxylic acids is 1. The zero-order chi connectivity index (χ0) is 23.6. The number of benzene rings is 2. The van der Waals surface area contributed by atoms with Gasteiger partial charge in [0.1, 0.15) is 0 Å². The molecule has 0 radical (unpaired) electrons. The van der Waals surface area contributed by atoms with E-state index in [2.05, 4.69) is 40.5 Å². The van der Waals surface area contributed by atoms with Crippen molar-refractivity contribution in [2.24, 2.45) is 0 Å². The Labute approximate surface area is 201 Å². The summed E-state index contributed by atoms with van der Waals surface area (Å²) >= 11 is 6.37. The Morgan fingerprint density at radius 2 is 2.00 bits per heavy atom. The summed E-state index contributed by atoms with van der Waals surface area (Å²) in [6, 6.07) is 12.7. The van der Waals surface area contributed by atoms with Crippen molar-refractivity contribution in [2.75, 3.05) is 31.6 Å². The second-order valence-corrected chi connectivity index (χ2v) is 8.59. The van der Waals surface area contributed by atoms with Gasteiger partial charge >= 0.3 is 5.97 Å². The molecule has 1 aliphatic rings. The maximum atomic E-state index is 10.5. The van der Waals surface area contributed by atoms with Gasteiger partial charge in [0.2, 0.25) is 0 Å². The van der Waals surface area contributed by atoms with Gasteiger partial charge in [-0.3, -0.25) is 0 Å². The highest BCUT2D eigenvalue weighted by Gasteiger charge is 2.21. The number of anilines is 2. The van der Waals surface area contributed by atoms with Crippen LogP contribution in [0.1, 0.15) is 36.5 Å². The van der Waals surface area contributed by atoms with Crippen LogP contribution in [0.25, 0.3) is 0 Å². The number of unbranched alkanes of at least 4 members (excludes halogenated alkanes) is 1. The molecule has 178 valence electrons. The molecule has 2 N–H and O–H groups in total. The lowest BCUT2D eigenvalue weighted by Crippen LogP contribution is -2.22. The van der Waals surface area contributed by atoms with Gasteiger partial charge in [0.05, 0.1) is 6.61 Å². The predicted octanol–water partition coefficient (Wildman–Crippen LogP) is 5.10. The Morgan fingerprint density at radius 1 is 1.18 bits per heavy atom. The zero-order valence-electron chi connectivity index (χ0n) is 19.4. The monoisotopic (exact) mass is 472 g/mol. The van der Waals surface area contributed by atoms with Gasteiger partial charge in [-0.15, -0.1) is 0 Å². The molecular weight excluding hydrogens is 440 g/mol. The first kappa shape index (κ1) is 25.2. The largest absolute Gasteiger partial charge is 0.478 e. The second kappa shape index (κ2) is 12.8. The Hall–Kier alpha value is -2.38. The van der Waals surface area contributed by atoms with Gasteiger partial charge in [-0.2, -0.15) is 0 Å². The van der Waals surface area contributed by atoms with Gasteiger partial charge < -0.3 is 24.8 Å². The van der Waals surface area contributed by atoms with Gasteiger partial charge in [0, 0.05) is 42.7 Å². The quantitative estimate of drug-likeness (QED) is 0.254. The van der Waals surface area contributed by atoms with Crippen molar-refractivity contribution in [1.82, 2.24) is 5.32 Å². The number of carbonyl (C=O) groups is 1. The molecule has 6 nitrogen and oxygen atoms in total. The van der Waals surface area contributed by atoms with E-state index in [1.165, 1.54) is 22.5 Å². The molecule has 3 rings (SSSR count). The summed E-state index contributed by atoms with van der Waals surface area (Å²) in [6.07, 6.45) is 6.47. The number of fused-ring (bicyclic) bond motifs is 2. The molecule has 1 aliphatic heterocycles. The van der Waals surface area contributed by atoms with Crippen molar-refractivity contribution >= 4 is 28.9 Å². The number of nitrogens with one attached hydrogen (secondary N) is 1. The minimum Gasteiger partial charge on any atom is -0.478 e. The highest BCUT2D eigenvalue weighted by Crippen LogP contribution is 2.38. The van der Waals surface area contributed by atoms with Crippen LogP contribution in [0, 0.1) is 0 Å². The summed E-state index contributed by atoms with van der Waals surface area (Å²) in [6.45, 7) is 4.68. The van der Waals surface area contributed by atoms with Crippen molar-refractivity contribution in [1.29, 1.82) is 0 Å². The molecule has 33 heavy (non-hydrogen) atoms. The third-order valence-corrected chi connectivity index (χ3v) is 6.00. The number of methoxy groups -OCH3 is 1. The Kier molecular flexibility index (Phi) is 9.76. The van der Waals surface area contributed by atoms with Gasteiger partial charge in [0.15, 0.2) is 6.29 Å². The summed E-state index contributed by atoms with van der Waals surface area (Å²) in [5, 5.41) is 12.6. The fourth-order valence-corrected chi connectivity index (χ4v) is 4.14. The molecular formula is C26H33ClN2O4. The molecule has 1 atom stereocenters. The molecule has 0 amide bonds. The number of carboxylic acid groups (broad SMARTS) is 1. The van der Waals surface area contributed by atoms with Crippen molar-refractivity contribution in [2.45, 2.75) is 45.5 Å². The second-order valence-electron chi connectivity index (χ2n) is 8.15. The molecule has 1 heterocycles. The van der Waals surface area contributed by atoms with E-state index in [0.29, 0.717) is 13.2 Å². The minimum atomic E-state index is -0.920. The van der Waals surface area contributed by atoms with E-state index in [1.807, 2.05) is 13.0 Å². The van der Waals surface area contributed by atoms with Crippen LogP contribution in [0.15, 0.2) is 48.6 Å². The number of aryl methyl sites for hydroxylation is 2. The molecule has 0 fully saturated rings. The van der Waals surface area contributed by atoms with Crippen molar-refractivity contribution in [3.63, 3.8) is 0 Å². The van der Waals surface area contributed by atoms with Crippen LogP contribution in [0.4, 0.5) is 11.4 Å². The number of nitrogens with zero attached hydrogens (tertiary/aromatic N) is 1. The van der Waals surface area contributed by atoms with Crippen molar-refractivity contribution in [3.05, 3.63) is 70.3 Å². The Morgan fingerprint density at radius 3 is 2.79 bits per heavy atom. The number of rotatable bonds is 12. The fraction of sp³-hybridized carbons (Fsp3) is 0.423. The average molecular weight is 473 g/mol. The Balaban J connectivity index is 1.70. The molecule has 2 aromatic carbocycles. The van der Waals surface area contributed by atoms with Crippen LogP contribution in [0.5, 0.6) is 0 Å². The third-order valence-electron chi connectivity index (χ3n) is 5.76. The highest BCUT2D eigenvalue weighted by molar-refractivity contribution is 6.30. The molecule has 7 heteroatoms. The van der Waals surface area contributed by atoms with E-state index in [1.54, 1.807) is 13.2 Å². The van der Waals surface area contributed by atoms with Crippen molar-refractivity contribution < 1.29 is 19.4 Å². The van der Waals surface area contributed by atoms with Crippen LogP contribution in [0.2, 0.25) is 5.02 Å². The smallest absolute Gasteiger partial charge is 0.328 e. The molecule has 0 bridgehead atoms. The first-order valence-corrected chi connectivity index (χ1v) is 11.8. The summed E-state index contributed by atoms with van der Waals surface area (Å²) in [7, 11) is 1.64. The SMILES string of the molecule is COC(C)OCc1ccc2c(c1)CCc1ccc(Cl)cc1N2CCCCNC/C=C/C(=O)O. The van der Waals surface area contributed by atoms with Gasteiger partial charge in [-0.05, 0) is 74.0 Å². The lowest BCUT2D eigenvalue weighted by molar-refractivity contribution is -0.131. The molecule has 0 saturated carbocycles. The molecule has 0 saturated heterocycles. The van der Waals surface area contributed by atoms with E-state index < -0.39 is 5.97 Å². The van der Waals surface area contributed by atoms with Gasteiger partial charge in [-0.1, -0.05) is 35.9 Å². The van der Waals surface area contributed by atoms with Crippen LogP contribution in [0.3, 0.4) is 0 Å². The number of hydrogen-bond donors (Lipinski definition) is 2. The number of halogens is 1. The summed E-state index contributed by atoms with van der Waals surface area (Å²) in [5.74, 6) is -0.920. The van der Waals surface area contributed by atoms with Crippen LogP contribution >= 0.6 is 11.6 Å². The first-order chi connectivity index (χ1) is 16.0. The molecule has 0 aromatic heterocycles. The zero-order valence-corrected chi connectivity index (χ0v) is 20.1. The lowest BCUT2D eigenvalue weighted by Gasteiger charge is -2.27. The first-order valence-electron chi connectivity index (χ1n) is 11.4. The van der Waals surface area contributed by atoms with Crippen molar-refractivity contribution in [3.8, 4) is 0 Å². The third kappa shape index (κ3) is 7.57. The normalized spacial score (nSPS) is 14.1. The van der Waals surface area contributed by atoms with E-state index in [4.69, 9.17) is 26.2 Å². The number of ether oxygens (including phenoxy) is 2. The van der Waals surface area contributed by atoms with E-state index in [0.717, 1.165) is 55.4 Å². The molecule has 1 unspecified atom stereocenters. The standard InChI is InChI=1S/C26H33ClN2O4/c1-19(32-2)33-18-20-7-12-24-22(16-20)9-8-21-10-11-23(27)17-25(21)29(24)15-4-3-13-28-14-5-6-26(30)31/h5-7,10-12,16-17,19,28H,3-4,8-9,13-15,18H2,1-2H3,(H,30,31)/b6-5+. The maximum Gasteiger partial charge on any atom is 0.328 e. The molecule has 0 aliphatic carbocycles. The van der Waals surface area contributed by atoms with E-state index in [-0.39, 0.29) is 6.29 Å². The average Bonchev–Trinajstić information content (AvgIpc) is 2.95. The molecule has 0 spiro atoms. The highest BCUT2D eigenvalue weighted by atomic mass is 35.5. The fourth-order valence-electron chi connectivity index (χ4n) is 3.98. The minimum absolute atomic E-state index is 0.236. The lowest BCUT2D eigenvalue weighted by atomic mass is 10.0. The number of carboxylic acids is 1. The summed E-state index contributed by atoms with van der Waals surface area (Å²) in [4.78, 5) is 12.9. The number of hydrogen-bond acceptors (Lipinski definition) is 5. The Bertz CT molecular complexity index is 963. The topological polar surface area (TPSA) is 71.0 Å². The van der Waals surface area contributed by atoms with Gasteiger partial charge in [-0.25, -0.2) is 4.79 Å². The van der Waals surface area contributed by atoms with Crippen LogP contribution < -0.4 is 10.2 Å². The van der Waals surface area contributed by atoms with Gasteiger partial charge in [0.25, 0.3) is 0 Å². The van der Waals surface area contributed by atoms with E-state index >= 15 is 0 Å². The summed E-state index contributed by atoms with van der Waals surface area (Å²) in [5.41, 5.74) is 6.15. The van der Waals surface area contributed by atoms with Crippen LogP contribution in [-0.4, -0.2) is 44.1 Å². The predicted molar refractivity (Wildman–Crippen MR) is 132 cm³/mol. The maximum absolute atomic E-state index is 10.5. The summed E-state index contributed by atoms with van der Waals surface area (Å²) < 4.78 is 10.9.